The van der Waals surface area contributed by atoms with Crippen molar-refractivity contribution in [1.29, 1.82) is 5.26 Å². The molecule has 9 heteroatoms. The maximum absolute atomic E-state index is 12.7. The largest absolute Gasteiger partial charge is 0.457 e. The summed E-state index contributed by atoms with van der Waals surface area (Å²) in [5.74, 6) is 0.342. The minimum absolute atomic E-state index is 0.0737. The first-order valence-corrected chi connectivity index (χ1v) is 10.0. The Labute approximate surface area is 163 Å². The second-order valence-corrected chi connectivity index (χ2v) is 7.93. The van der Waals surface area contributed by atoms with E-state index in [2.05, 4.69) is 5.32 Å². The van der Waals surface area contributed by atoms with Gasteiger partial charge in [-0.2, -0.15) is 9.57 Å². The number of hydrogen-bond acceptors (Lipinski definition) is 6. The zero-order valence-electron chi connectivity index (χ0n) is 15.2. The van der Waals surface area contributed by atoms with Crippen LogP contribution in [-0.4, -0.2) is 52.0 Å². The summed E-state index contributed by atoms with van der Waals surface area (Å²) in [5.41, 5.74) is 0.606. The number of morpholine rings is 1. The van der Waals surface area contributed by atoms with Gasteiger partial charge in [-0.25, -0.2) is 8.42 Å². The SMILES string of the molecule is CNC(=O)/C(C#N)=C/c1ccc(-c2ccc(S(=O)(=O)N3CCOCC3)cc2)o1. The van der Waals surface area contributed by atoms with E-state index in [0.29, 0.717) is 43.4 Å². The molecule has 0 radical (unpaired) electrons. The van der Waals surface area contributed by atoms with E-state index in [9.17, 15) is 13.2 Å². The lowest BCUT2D eigenvalue weighted by Gasteiger charge is -2.26. The fourth-order valence-electron chi connectivity index (χ4n) is 2.74. The number of carbonyl (C=O) groups excluding carboxylic acids is 1. The van der Waals surface area contributed by atoms with Crippen molar-refractivity contribution in [2.75, 3.05) is 33.4 Å². The Balaban J connectivity index is 1.81. The monoisotopic (exact) mass is 401 g/mol. The van der Waals surface area contributed by atoms with Gasteiger partial charge in [-0.05, 0) is 36.4 Å². The molecule has 0 atom stereocenters. The van der Waals surface area contributed by atoms with E-state index in [4.69, 9.17) is 14.4 Å². The number of amides is 1. The van der Waals surface area contributed by atoms with Crippen molar-refractivity contribution >= 4 is 22.0 Å². The Hall–Kier alpha value is -2.93. The topological polar surface area (TPSA) is 113 Å². The van der Waals surface area contributed by atoms with Gasteiger partial charge in [0.05, 0.1) is 18.1 Å². The highest BCUT2D eigenvalue weighted by molar-refractivity contribution is 7.89. The first kappa shape index (κ1) is 19.8. The molecular formula is C19H19N3O5S. The van der Waals surface area contributed by atoms with Crippen LogP contribution >= 0.6 is 0 Å². The van der Waals surface area contributed by atoms with Gasteiger partial charge in [-0.3, -0.25) is 4.79 Å². The fraction of sp³-hybridized carbons (Fsp3) is 0.263. The molecule has 1 saturated heterocycles. The van der Waals surface area contributed by atoms with Crippen molar-refractivity contribution < 1.29 is 22.4 Å². The van der Waals surface area contributed by atoms with Crippen LogP contribution in [0.25, 0.3) is 17.4 Å². The third kappa shape index (κ3) is 4.14. The van der Waals surface area contributed by atoms with Crippen LogP contribution < -0.4 is 5.32 Å². The Morgan fingerprint density at radius 1 is 1.18 bits per heavy atom. The van der Waals surface area contributed by atoms with Crippen molar-refractivity contribution in [2.24, 2.45) is 0 Å². The highest BCUT2D eigenvalue weighted by Gasteiger charge is 2.26. The molecule has 1 aromatic carbocycles. The molecule has 28 heavy (non-hydrogen) atoms. The summed E-state index contributed by atoms with van der Waals surface area (Å²) >= 11 is 0. The molecule has 2 aromatic rings. The second-order valence-electron chi connectivity index (χ2n) is 5.99. The molecule has 146 valence electrons. The lowest BCUT2D eigenvalue weighted by Crippen LogP contribution is -2.40. The average molecular weight is 401 g/mol. The molecule has 2 heterocycles. The number of sulfonamides is 1. The van der Waals surface area contributed by atoms with Crippen molar-refractivity contribution in [3.8, 4) is 17.4 Å². The molecular weight excluding hydrogens is 382 g/mol. The number of nitriles is 1. The van der Waals surface area contributed by atoms with Gasteiger partial charge >= 0.3 is 0 Å². The Morgan fingerprint density at radius 3 is 2.46 bits per heavy atom. The molecule has 1 aliphatic heterocycles. The summed E-state index contributed by atoms with van der Waals surface area (Å²) in [6, 6.07) is 11.5. The average Bonchev–Trinajstić information content (AvgIpc) is 3.21. The molecule has 0 unspecified atom stereocenters. The fourth-order valence-corrected chi connectivity index (χ4v) is 4.15. The molecule has 1 N–H and O–H groups in total. The minimum Gasteiger partial charge on any atom is -0.457 e. The summed E-state index contributed by atoms with van der Waals surface area (Å²) in [4.78, 5) is 11.8. The summed E-state index contributed by atoms with van der Waals surface area (Å²) in [6.45, 7) is 1.45. The third-order valence-corrected chi connectivity index (χ3v) is 6.17. The van der Waals surface area contributed by atoms with Gasteiger partial charge in [-0.15, -0.1) is 0 Å². The molecule has 0 spiro atoms. The lowest BCUT2D eigenvalue weighted by atomic mass is 10.2. The van der Waals surface area contributed by atoms with Crippen LogP contribution in [0.1, 0.15) is 5.76 Å². The van der Waals surface area contributed by atoms with E-state index in [0.717, 1.165) is 0 Å². The molecule has 1 aromatic heterocycles. The molecule has 1 amide bonds. The van der Waals surface area contributed by atoms with Gasteiger partial charge < -0.3 is 14.5 Å². The summed E-state index contributed by atoms with van der Waals surface area (Å²) in [6.07, 6.45) is 1.35. The maximum Gasteiger partial charge on any atom is 0.261 e. The van der Waals surface area contributed by atoms with E-state index in [1.807, 2.05) is 6.07 Å². The van der Waals surface area contributed by atoms with Crippen LogP contribution in [0.4, 0.5) is 0 Å². The lowest BCUT2D eigenvalue weighted by molar-refractivity contribution is -0.116. The van der Waals surface area contributed by atoms with Gasteiger partial charge in [0, 0.05) is 31.8 Å². The van der Waals surface area contributed by atoms with Gasteiger partial charge in [0.2, 0.25) is 10.0 Å². The molecule has 0 saturated carbocycles. The minimum atomic E-state index is -3.55. The van der Waals surface area contributed by atoms with E-state index in [1.54, 1.807) is 24.3 Å². The van der Waals surface area contributed by atoms with Crippen molar-refractivity contribution in [3.63, 3.8) is 0 Å². The smallest absolute Gasteiger partial charge is 0.261 e. The third-order valence-electron chi connectivity index (χ3n) is 4.25. The van der Waals surface area contributed by atoms with Gasteiger partial charge in [0.25, 0.3) is 5.91 Å². The Kier molecular flexibility index (Phi) is 5.94. The zero-order valence-corrected chi connectivity index (χ0v) is 16.0. The molecule has 1 fully saturated rings. The number of ether oxygens (including phenoxy) is 1. The number of furan rings is 1. The summed E-state index contributed by atoms with van der Waals surface area (Å²) < 4.78 is 37.6. The molecule has 1 aliphatic rings. The van der Waals surface area contributed by atoms with Crippen LogP contribution in [0.15, 0.2) is 51.3 Å². The van der Waals surface area contributed by atoms with E-state index in [-0.39, 0.29) is 10.5 Å². The van der Waals surface area contributed by atoms with Crippen LogP contribution in [0.5, 0.6) is 0 Å². The van der Waals surface area contributed by atoms with Gasteiger partial charge in [0.15, 0.2) is 0 Å². The second kappa shape index (κ2) is 8.39. The number of rotatable bonds is 5. The highest BCUT2D eigenvalue weighted by atomic mass is 32.2. The molecule has 3 rings (SSSR count). The van der Waals surface area contributed by atoms with E-state index >= 15 is 0 Å². The number of likely N-dealkylation sites (N-methyl/N-ethyl adjacent to an activating group) is 1. The maximum atomic E-state index is 12.7. The van der Waals surface area contributed by atoms with Crippen molar-refractivity contribution in [1.82, 2.24) is 9.62 Å². The summed E-state index contributed by atoms with van der Waals surface area (Å²) in [5, 5.41) is 11.4. The predicted molar refractivity (Wildman–Crippen MR) is 101 cm³/mol. The van der Waals surface area contributed by atoms with E-state index in [1.165, 1.54) is 29.6 Å². The number of nitrogens with zero attached hydrogens (tertiary/aromatic N) is 2. The highest BCUT2D eigenvalue weighted by Crippen LogP contribution is 2.26. The first-order valence-electron chi connectivity index (χ1n) is 8.58. The van der Waals surface area contributed by atoms with Crippen LogP contribution in [0.3, 0.4) is 0 Å². The Morgan fingerprint density at radius 2 is 1.86 bits per heavy atom. The zero-order chi connectivity index (χ0) is 20.1. The van der Waals surface area contributed by atoms with Gasteiger partial charge in [0.1, 0.15) is 23.2 Å². The Bertz CT molecular complexity index is 1030. The number of benzene rings is 1. The quantitative estimate of drug-likeness (QED) is 0.602. The molecule has 0 bridgehead atoms. The van der Waals surface area contributed by atoms with Crippen molar-refractivity contribution in [2.45, 2.75) is 4.90 Å². The van der Waals surface area contributed by atoms with Gasteiger partial charge in [-0.1, -0.05) is 0 Å². The number of nitrogens with one attached hydrogen (secondary N) is 1. The van der Waals surface area contributed by atoms with Crippen molar-refractivity contribution in [3.05, 3.63) is 47.7 Å². The normalized spacial score (nSPS) is 15.8. The predicted octanol–water partition coefficient (Wildman–Crippen LogP) is 1.62. The van der Waals surface area contributed by atoms with Crippen LogP contribution in [-0.2, 0) is 19.6 Å². The van der Waals surface area contributed by atoms with Crippen LogP contribution in [0.2, 0.25) is 0 Å². The number of carbonyl (C=O) groups is 1. The molecule has 8 nitrogen and oxygen atoms in total. The summed E-state index contributed by atoms with van der Waals surface area (Å²) in [7, 11) is -2.12. The standard InChI is InChI=1S/C19H19N3O5S/c1-21-19(23)15(13-20)12-16-4-7-18(27-16)14-2-5-17(6-3-14)28(24,25)22-8-10-26-11-9-22/h2-7,12H,8-11H2,1H3,(H,21,23)/b15-12+. The molecule has 0 aliphatic carbocycles. The van der Waals surface area contributed by atoms with E-state index < -0.39 is 15.9 Å². The first-order chi connectivity index (χ1) is 13.5. The van der Waals surface area contributed by atoms with Crippen LogP contribution in [0, 0.1) is 11.3 Å². The number of hydrogen-bond donors (Lipinski definition) is 1.